The van der Waals surface area contributed by atoms with Crippen molar-refractivity contribution in [1.29, 1.82) is 0 Å². The largest absolute Gasteiger partial charge is 0.388 e. The van der Waals surface area contributed by atoms with E-state index in [1.807, 2.05) is 0 Å². The van der Waals surface area contributed by atoms with Gasteiger partial charge in [0.15, 0.2) is 9.84 Å². The molecule has 1 aliphatic rings. The van der Waals surface area contributed by atoms with Gasteiger partial charge in [0.05, 0.1) is 11.5 Å². The predicted octanol–water partition coefficient (Wildman–Crippen LogP) is 1.31. The maximum atomic E-state index is 11.6. The minimum Gasteiger partial charge on any atom is -0.304 e. The lowest BCUT2D eigenvalue weighted by molar-refractivity contribution is 0.295. The molecule has 5 nitrogen and oxygen atoms in total. The minimum atomic E-state index is -3.13. The third-order valence-corrected chi connectivity index (χ3v) is 8.31. The molecular weight excluding hydrogens is 247 g/mol. The lowest BCUT2D eigenvalue weighted by atomic mass is 10.4. The lowest BCUT2D eigenvalue weighted by Gasteiger charge is -2.15. The first-order chi connectivity index (χ1) is 6.41. The van der Waals surface area contributed by atoms with Crippen LogP contribution in [-0.2, 0) is 23.4 Å². The van der Waals surface area contributed by atoms with Crippen molar-refractivity contribution in [2.45, 2.75) is 11.7 Å². The zero-order valence-electron chi connectivity index (χ0n) is 8.00. The summed E-state index contributed by atoms with van der Waals surface area (Å²) in [4.78, 5) is 0. The van der Waals surface area contributed by atoms with Crippen LogP contribution in [0.4, 0.5) is 0 Å². The van der Waals surface area contributed by atoms with E-state index in [1.54, 1.807) is 0 Å². The van der Waals surface area contributed by atoms with Gasteiger partial charge >= 0.3 is 6.80 Å². The van der Waals surface area contributed by atoms with Gasteiger partial charge in [-0.3, -0.25) is 0 Å². The van der Waals surface area contributed by atoms with Crippen LogP contribution in [0.1, 0.15) is 6.42 Å². The fourth-order valence-corrected chi connectivity index (χ4v) is 7.13. The van der Waals surface area contributed by atoms with Crippen LogP contribution in [0.5, 0.6) is 0 Å². The van der Waals surface area contributed by atoms with Crippen LogP contribution in [0.3, 0.4) is 0 Å². The van der Waals surface area contributed by atoms with Gasteiger partial charge in [0, 0.05) is 19.5 Å². The lowest BCUT2D eigenvalue weighted by Crippen LogP contribution is -2.06. The topological polar surface area (TPSA) is 69.7 Å². The Morgan fingerprint density at radius 1 is 1.36 bits per heavy atom. The molecule has 0 aromatic carbocycles. The first kappa shape index (κ1) is 12.5. The number of hydrogen-bond donors (Lipinski definition) is 0. The monoisotopic (exact) mass is 260 g/mol. The van der Waals surface area contributed by atoms with Crippen LogP contribution < -0.4 is 0 Å². The van der Waals surface area contributed by atoms with Crippen LogP contribution >= 0.6 is 18.2 Å². The van der Waals surface area contributed by atoms with Crippen molar-refractivity contribution in [2.75, 3.05) is 25.7 Å². The van der Waals surface area contributed by atoms with Crippen LogP contribution in [-0.4, -0.2) is 39.4 Å². The molecule has 0 spiro atoms. The molecule has 1 unspecified atom stereocenters. The molecule has 1 saturated heterocycles. The summed E-state index contributed by atoms with van der Waals surface area (Å²) in [6.45, 7) is -3.13. The summed E-state index contributed by atoms with van der Waals surface area (Å²) < 4.78 is 43.3. The second-order valence-corrected chi connectivity index (χ2v) is 9.65. The molecule has 0 bridgehead atoms. The van der Waals surface area contributed by atoms with Crippen molar-refractivity contribution < 1.29 is 22.0 Å². The Labute approximate surface area is 87.7 Å². The van der Waals surface area contributed by atoms with E-state index in [0.29, 0.717) is 6.42 Å². The van der Waals surface area contributed by atoms with Crippen molar-refractivity contribution in [3.05, 3.63) is 0 Å². The van der Waals surface area contributed by atoms with Crippen LogP contribution in [0.15, 0.2) is 0 Å². The van der Waals surface area contributed by atoms with Crippen molar-refractivity contribution >= 4 is 28.0 Å². The van der Waals surface area contributed by atoms with Gasteiger partial charge in [-0.05, 0) is 17.8 Å². The standard InChI is InChI=1S/C6H13O5PS2/c1-10-12(7,11-2)13-6-3-4-14(8,9)5-6/h6H,3-5H2,1-2H3. The first-order valence-electron chi connectivity index (χ1n) is 4.01. The Bertz CT molecular complexity index is 330. The van der Waals surface area contributed by atoms with Gasteiger partial charge in [0.2, 0.25) is 0 Å². The Balaban J connectivity index is 2.59. The van der Waals surface area contributed by atoms with Crippen LogP contribution in [0, 0.1) is 0 Å². The van der Waals surface area contributed by atoms with Gasteiger partial charge in [-0.25, -0.2) is 13.0 Å². The average molecular weight is 260 g/mol. The van der Waals surface area contributed by atoms with E-state index in [-0.39, 0.29) is 16.8 Å². The molecule has 0 aromatic heterocycles. The normalized spacial score (nSPS) is 26.6. The van der Waals surface area contributed by atoms with Crippen molar-refractivity contribution in [3.8, 4) is 0 Å². The molecule has 0 aliphatic carbocycles. The fourth-order valence-electron chi connectivity index (χ4n) is 1.19. The summed E-state index contributed by atoms with van der Waals surface area (Å²) in [5, 5.41) is -0.175. The van der Waals surface area contributed by atoms with Crippen molar-refractivity contribution in [3.63, 3.8) is 0 Å². The summed E-state index contributed by atoms with van der Waals surface area (Å²) in [5.74, 6) is 0.229. The fraction of sp³-hybridized carbons (Fsp3) is 1.00. The molecule has 0 aromatic rings. The third-order valence-electron chi connectivity index (χ3n) is 1.92. The number of sulfone groups is 1. The Morgan fingerprint density at radius 3 is 2.29 bits per heavy atom. The molecule has 1 aliphatic heterocycles. The van der Waals surface area contributed by atoms with E-state index in [0.717, 1.165) is 11.4 Å². The highest BCUT2D eigenvalue weighted by molar-refractivity contribution is 8.55. The highest BCUT2D eigenvalue weighted by atomic mass is 32.7. The van der Waals surface area contributed by atoms with Gasteiger partial charge in [-0.15, -0.1) is 0 Å². The molecule has 8 heteroatoms. The second-order valence-electron chi connectivity index (χ2n) is 2.94. The summed E-state index contributed by atoms with van der Waals surface area (Å²) >= 11 is 0.989. The SMILES string of the molecule is COP(=O)(OC)SC1CCS(=O)(=O)C1. The molecular formula is C6H13O5PS2. The van der Waals surface area contributed by atoms with Gasteiger partial charge in [0.1, 0.15) is 0 Å². The van der Waals surface area contributed by atoms with E-state index in [4.69, 9.17) is 9.05 Å². The Kier molecular flexibility index (Phi) is 4.05. The summed E-state index contributed by atoms with van der Waals surface area (Å²) in [6, 6.07) is 0. The maximum Gasteiger partial charge on any atom is 0.388 e. The zero-order chi connectivity index (χ0) is 10.8. The smallest absolute Gasteiger partial charge is 0.304 e. The molecule has 1 fully saturated rings. The summed E-state index contributed by atoms with van der Waals surface area (Å²) in [5.41, 5.74) is 0. The summed E-state index contributed by atoms with van der Waals surface area (Å²) in [7, 11) is -0.353. The first-order valence-corrected chi connectivity index (χ1v) is 8.86. The quantitative estimate of drug-likeness (QED) is 0.710. The molecule has 1 atom stereocenters. The molecule has 0 N–H and O–H groups in total. The van der Waals surface area contributed by atoms with Gasteiger partial charge < -0.3 is 9.05 Å². The van der Waals surface area contributed by atoms with Gasteiger partial charge in [-0.2, -0.15) is 0 Å². The molecule has 0 radical (unpaired) electrons. The Morgan fingerprint density at radius 2 is 1.93 bits per heavy atom. The average Bonchev–Trinajstić information content (AvgIpc) is 2.45. The maximum absolute atomic E-state index is 11.6. The van der Waals surface area contributed by atoms with E-state index in [1.165, 1.54) is 14.2 Å². The van der Waals surface area contributed by atoms with Crippen LogP contribution in [0.25, 0.3) is 0 Å². The van der Waals surface area contributed by atoms with Crippen molar-refractivity contribution in [1.82, 2.24) is 0 Å². The molecule has 1 rings (SSSR count). The van der Waals surface area contributed by atoms with Crippen LogP contribution in [0.2, 0.25) is 0 Å². The summed E-state index contributed by atoms with van der Waals surface area (Å²) in [6.07, 6.45) is 0.518. The molecule has 1 heterocycles. The predicted molar refractivity (Wildman–Crippen MR) is 56.3 cm³/mol. The second kappa shape index (κ2) is 4.53. The molecule has 0 saturated carbocycles. The molecule has 14 heavy (non-hydrogen) atoms. The van der Waals surface area contributed by atoms with Gasteiger partial charge in [0.25, 0.3) is 0 Å². The number of rotatable bonds is 4. The van der Waals surface area contributed by atoms with E-state index < -0.39 is 16.6 Å². The van der Waals surface area contributed by atoms with Crippen molar-refractivity contribution in [2.24, 2.45) is 0 Å². The third kappa shape index (κ3) is 3.24. The highest BCUT2D eigenvalue weighted by Gasteiger charge is 2.35. The minimum absolute atomic E-state index is 0.0639. The van der Waals surface area contributed by atoms with E-state index >= 15 is 0 Å². The Hall–Kier alpha value is 0.450. The van der Waals surface area contributed by atoms with E-state index in [2.05, 4.69) is 0 Å². The molecule has 0 amide bonds. The van der Waals surface area contributed by atoms with E-state index in [9.17, 15) is 13.0 Å². The molecule has 84 valence electrons. The highest BCUT2D eigenvalue weighted by Crippen LogP contribution is 2.62. The number of hydrogen-bond acceptors (Lipinski definition) is 6. The van der Waals surface area contributed by atoms with Gasteiger partial charge in [-0.1, -0.05) is 0 Å². The zero-order valence-corrected chi connectivity index (χ0v) is 10.5.